The van der Waals surface area contributed by atoms with Crippen molar-refractivity contribution in [2.75, 3.05) is 14.2 Å². The van der Waals surface area contributed by atoms with Crippen molar-refractivity contribution in [2.45, 2.75) is 204 Å². The maximum absolute atomic E-state index is 10.6. The molecule has 0 fully saturated rings. The molecule has 0 aromatic heterocycles. The monoisotopic (exact) mass is 863 g/mol. The summed E-state index contributed by atoms with van der Waals surface area (Å²) in [5, 5.41) is 10.6. The van der Waals surface area contributed by atoms with Gasteiger partial charge in [-0.1, -0.05) is 111 Å². The van der Waals surface area contributed by atoms with E-state index in [-0.39, 0.29) is 5.75 Å². The second-order valence-electron chi connectivity index (χ2n) is 19.1. The van der Waals surface area contributed by atoms with E-state index in [1.165, 1.54) is 76.5 Å². The predicted molar refractivity (Wildman–Crippen MR) is 277 cm³/mol. The van der Waals surface area contributed by atoms with Crippen LogP contribution in [0.15, 0.2) is 111 Å². The first-order chi connectivity index (χ1) is 30.0. The van der Waals surface area contributed by atoms with Crippen molar-refractivity contribution in [2.24, 2.45) is 0 Å². The van der Waals surface area contributed by atoms with Crippen molar-refractivity contribution in [3.05, 3.63) is 122 Å². The average Bonchev–Trinajstić information content (AvgIpc) is 3.21. The Morgan fingerprint density at radius 1 is 0.492 bits per heavy atom. The lowest BCUT2D eigenvalue weighted by molar-refractivity contribution is 0.122. The summed E-state index contributed by atoms with van der Waals surface area (Å²) in [6.45, 7) is 26.6. The molecule has 0 aliphatic carbocycles. The number of phenols is 1. The fraction of sp³-hybridized carbons (Fsp3) is 0.559. The zero-order valence-electron chi connectivity index (χ0n) is 42.8. The summed E-state index contributed by atoms with van der Waals surface area (Å²) in [4.78, 5) is 0. The average molecular weight is 863 g/mol. The minimum absolute atomic E-state index is 0.0867. The molecule has 1 aliphatic heterocycles. The van der Waals surface area contributed by atoms with Crippen LogP contribution in [0.25, 0.3) is 6.08 Å². The lowest BCUT2D eigenvalue weighted by atomic mass is 9.92. The van der Waals surface area contributed by atoms with Crippen molar-refractivity contribution in [3.63, 3.8) is 0 Å². The van der Waals surface area contributed by atoms with Gasteiger partial charge in [0, 0.05) is 11.1 Å². The van der Waals surface area contributed by atoms with Gasteiger partial charge in [0.25, 0.3) is 0 Å². The van der Waals surface area contributed by atoms with E-state index in [1.807, 2.05) is 13.0 Å². The Kier molecular flexibility index (Phi) is 26.2. The quantitative estimate of drug-likeness (QED) is 0.0815. The zero-order chi connectivity index (χ0) is 46.8. The van der Waals surface area contributed by atoms with E-state index in [0.29, 0.717) is 17.2 Å². The zero-order valence-corrected chi connectivity index (χ0v) is 42.8. The highest BCUT2D eigenvalue weighted by molar-refractivity contribution is 5.76. The molecular weight excluding hydrogens is 773 g/mol. The summed E-state index contributed by atoms with van der Waals surface area (Å²) in [5.74, 6) is 1.46. The molecule has 1 aromatic carbocycles. The Labute approximate surface area is 387 Å². The SMILES string of the molecule is COc1c(O)c(C)c2c(c1OC)OC(C)(CC/C=C(\C)CC/C=C(\C)CC/C=C(\C)CC/C=C(\C)CC/C=C(\C)CC/C=C(\C)CC/C=C(\C)CC/C=C(\C)CCC=C(C)C)C=C2. The van der Waals surface area contributed by atoms with E-state index < -0.39 is 5.60 Å². The number of aromatic hydroxyl groups is 1. The molecule has 0 saturated carbocycles. The normalized spacial score (nSPS) is 16.9. The molecule has 1 atom stereocenters. The fourth-order valence-corrected chi connectivity index (χ4v) is 7.97. The molecule has 0 amide bonds. The first kappa shape index (κ1) is 55.0. The summed E-state index contributed by atoms with van der Waals surface area (Å²) in [5.41, 5.74) is 14.5. The molecule has 2 rings (SSSR count). The van der Waals surface area contributed by atoms with Crippen molar-refractivity contribution >= 4 is 6.08 Å². The Balaban J connectivity index is 1.62. The maximum Gasteiger partial charge on any atom is 0.207 e. The lowest BCUT2D eigenvalue weighted by Crippen LogP contribution is -2.32. The molecule has 1 aliphatic rings. The van der Waals surface area contributed by atoms with Gasteiger partial charge < -0.3 is 19.3 Å². The van der Waals surface area contributed by atoms with Crippen LogP contribution in [0.2, 0.25) is 0 Å². The molecule has 1 N–H and O–H groups in total. The maximum atomic E-state index is 10.6. The van der Waals surface area contributed by atoms with E-state index in [1.54, 1.807) is 7.11 Å². The van der Waals surface area contributed by atoms with Gasteiger partial charge in [0.05, 0.1) is 14.2 Å². The lowest BCUT2D eigenvalue weighted by Gasteiger charge is -2.33. The van der Waals surface area contributed by atoms with Gasteiger partial charge in [0.1, 0.15) is 5.60 Å². The van der Waals surface area contributed by atoms with Crippen LogP contribution in [0.4, 0.5) is 0 Å². The topological polar surface area (TPSA) is 47.9 Å². The van der Waals surface area contributed by atoms with Crippen LogP contribution in [0, 0.1) is 6.92 Å². The number of methoxy groups -OCH3 is 2. The van der Waals surface area contributed by atoms with Gasteiger partial charge in [0.15, 0.2) is 11.5 Å². The Morgan fingerprint density at radius 3 is 1.10 bits per heavy atom. The smallest absolute Gasteiger partial charge is 0.207 e. The van der Waals surface area contributed by atoms with Crippen LogP contribution >= 0.6 is 0 Å². The molecule has 63 heavy (non-hydrogen) atoms. The number of hydrogen-bond donors (Lipinski definition) is 1. The number of ether oxygens (including phenoxy) is 3. The largest absolute Gasteiger partial charge is 0.504 e. The number of rotatable bonds is 29. The molecule has 0 spiro atoms. The minimum atomic E-state index is -0.474. The number of phenolic OH excluding ortho intramolecular Hbond substituents is 1. The van der Waals surface area contributed by atoms with Crippen molar-refractivity contribution in [1.82, 2.24) is 0 Å². The second kappa shape index (κ2) is 30.0. The molecule has 4 heteroatoms. The van der Waals surface area contributed by atoms with Gasteiger partial charge in [-0.3, -0.25) is 0 Å². The van der Waals surface area contributed by atoms with Crippen molar-refractivity contribution < 1.29 is 19.3 Å². The first-order valence-electron chi connectivity index (χ1n) is 24.2. The van der Waals surface area contributed by atoms with Gasteiger partial charge in [-0.2, -0.15) is 0 Å². The number of allylic oxidation sites excluding steroid dienone is 18. The minimum Gasteiger partial charge on any atom is -0.504 e. The van der Waals surface area contributed by atoms with Crippen LogP contribution in [-0.2, 0) is 0 Å². The summed E-state index contributed by atoms with van der Waals surface area (Å²) in [6, 6.07) is 0. The number of hydrogen-bond acceptors (Lipinski definition) is 4. The molecule has 0 bridgehead atoms. The number of fused-ring (bicyclic) bond motifs is 1. The Bertz CT molecular complexity index is 1890. The summed E-state index contributed by atoms with van der Waals surface area (Å²) < 4.78 is 17.6. The molecule has 4 nitrogen and oxygen atoms in total. The molecule has 1 heterocycles. The summed E-state index contributed by atoms with van der Waals surface area (Å²) in [7, 11) is 3.11. The van der Waals surface area contributed by atoms with Gasteiger partial charge in [-0.25, -0.2) is 0 Å². The molecule has 1 aromatic rings. The molecular formula is C59H90O4. The standard InChI is InChI=1S/C59H90O4/c1-44(2)24-15-25-45(3)26-16-27-46(4)28-17-29-47(5)30-18-31-48(6)32-19-33-49(7)34-20-35-50(8)36-21-37-51(9)38-22-39-52(10)40-23-42-59(12)43-41-54-53(11)55(60)57(61-13)58(62-14)56(54)63-59/h24,26,28,30,32,34,36,38,40-41,43,60H,15-23,25,27,29,31,33,35,37,39,42H2,1-14H3/b45-26+,46-28+,47-30+,48-32+,49-34+,50-36+,51-38+,52-40+. The van der Waals surface area contributed by atoms with Gasteiger partial charge in [0.2, 0.25) is 11.5 Å². The van der Waals surface area contributed by atoms with E-state index in [2.05, 4.69) is 137 Å². The number of benzene rings is 1. The van der Waals surface area contributed by atoms with Crippen molar-refractivity contribution in [1.29, 1.82) is 0 Å². The van der Waals surface area contributed by atoms with Crippen LogP contribution in [-0.4, -0.2) is 24.9 Å². The van der Waals surface area contributed by atoms with Crippen LogP contribution in [0.3, 0.4) is 0 Å². The highest BCUT2D eigenvalue weighted by atomic mass is 16.5. The second-order valence-corrected chi connectivity index (χ2v) is 19.1. The fourth-order valence-electron chi connectivity index (χ4n) is 7.97. The van der Waals surface area contributed by atoms with E-state index in [4.69, 9.17) is 14.2 Å². The summed E-state index contributed by atoms with van der Waals surface area (Å²) >= 11 is 0. The van der Waals surface area contributed by atoms with Gasteiger partial charge in [-0.05, 0) is 205 Å². The molecule has 350 valence electrons. The van der Waals surface area contributed by atoms with Gasteiger partial charge in [-0.15, -0.1) is 0 Å². The Morgan fingerprint density at radius 2 is 0.794 bits per heavy atom. The third kappa shape index (κ3) is 22.3. The van der Waals surface area contributed by atoms with E-state index in [9.17, 15) is 5.11 Å². The van der Waals surface area contributed by atoms with E-state index in [0.717, 1.165) is 107 Å². The molecule has 0 radical (unpaired) electrons. The summed E-state index contributed by atoms with van der Waals surface area (Å²) in [6.07, 6.45) is 46.0. The van der Waals surface area contributed by atoms with Crippen LogP contribution < -0.4 is 14.2 Å². The molecule has 1 unspecified atom stereocenters. The molecule has 0 saturated heterocycles. The highest BCUT2D eigenvalue weighted by Crippen LogP contribution is 2.52. The van der Waals surface area contributed by atoms with E-state index >= 15 is 0 Å². The van der Waals surface area contributed by atoms with Crippen LogP contribution in [0.1, 0.15) is 203 Å². The first-order valence-corrected chi connectivity index (χ1v) is 24.2. The Hall–Kier alpha value is -4.18. The van der Waals surface area contributed by atoms with Crippen molar-refractivity contribution in [3.8, 4) is 23.0 Å². The van der Waals surface area contributed by atoms with Gasteiger partial charge >= 0.3 is 0 Å². The third-order valence-corrected chi connectivity index (χ3v) is 12.4. The highest BCUT2D eigenvalue weighted by Gasteiger charge is 2.33. The van der Waals surface area contributed by atoms with Crippen LogP contribution in [0.5, 0.6) is 23.0 Å². The third-order valence-electron chi connectivity index (χ3n) is 12.4. The predicted octanol–water partition coefficient (Wildman–Crippen LogP) is 18.4.